The van der Waals surface area contributed by atoms with Gasteiger partial charge in [-0.25, -0.2) is 0 Å². The summed E-state index contributed by atoms with van der Waals surface area (Å²) in [6.07, 6.45) is -1.79. The molecule has 0 aliphatic heterocycles. The van der Waals surface area contributed by atoms with Gasteiger partial charge in [-0.1, -0.05) is 42.5 Å². The molecule has 0 radical (unpaired) electrons. The van der Waals surface area contributed by atoms with Crippen molar-refractivity contribution in [3.8, 4) is 0 Å². The Kier molecular flexibility index (Phi) is 4.15. The average molecular weight is 340 g/mol. The Morgan fingerprint density at radius 2 is 1.35 bits per heavy atom. The van der Waals surface area contributed by atoms with Crippen molar-refractivity contribution in [2.75, 3.05) is 0 Å². The molecule has 2 unspecified atom stereocenters. The molecule has 2 nitrogen and oxygen atoms in total. The molecule has 2 aromatic carbocycles. The van der Waals surface area contributed by atoms with E-state index in [4.69, 9.17) is 0 Å². The van der Waals surface area contributed by atoms with Gasteiger partial charge in [-0.3, -0.25) is 0 Å². The second kappa shape index (κ2) is 5.62. The van der Waals surface area contributed by atoms with E-state index < -0.39 is 12.2 Å². The van der Waals surface area contributed by atoms with E-state index in [1.165, 1.54) is 0 Å². The molecule has 3 heteroatoms. The Morgan fingerprint density at radius 3 is 2.00 bits per heavy atom. The Bertz CT molecular complexity index is 485. The minimum atomic E-state index is -0.896. The van der Waals surface area contributed by atoms with Crippen LogP contribution in [0.3, 0.4) is 0 Å². The second-order valence-electron chi connectivity index (χ2n) is 3.86. The Morgan fingerprint density at radius 1 is 0.765 bits per heavy atom. The van der Waals surface area contributed by atoms with Crippen molar-refractivity contribution in [1.29, 1.82) is 0 Å². The highest BCUT2D eigenvalue weighted by Crippen LogP contribution is 2.28. The minimum Gasteiger partial charge on any atom is -0.385 e. The van der Waals surface area contributed by atoms with Crippen molar-refractivity contribution in [1.82, 2.24) is 0 Å². The molecule has 0 heterocycles. The lowest BCUT2D eigenvalue weighted by molar-refractivity contribution is 0.0172. The Hall–Kier alpha value is -0.910. The van der Waals surface area contributed by atoms with Gasteiger partial charge in [0.05, 0.1) is 0 Å². The lowest BCUT2D eigenvalue weighted by Gasteiger charge is -2.18. The van der Waals surface area contributed by atoms with Gasteiger partial charge in [0, 0.05) is 3.57 Å². The number of halogens is 1. The third-order valence-electron chi connectivity index (χ3n) is 2.63. The number of rotatable bonds is 3. The first kappa shape index (κ1) is 12.5. The molecule has 0 aromatic heterocycles. The number of aliphatic hydroxyl groups is 2. The van der Waals surface area contributed by atoms with Crippen molar-refractivity contribution < 1.29 is 10.2 Å². The fourth-order valence-electron chi connectivity index (χ4n) is 1.71. The molecule has 2 N–H and O–H groups in total. The van der Waals surface area contributed by atoms with Crippen LogP contribution in [0.15, 0.2) is 54.6 Å². The SMILES string of the molecule is OC(c1ccccc1)C(O)c1cccc(I)c1. The second-order valence-corrected chi connectivity index (χ2v) is 5.10. The number of hydrogen-bond donors (Lipinski definition) is 2. The normalized spacial score (nSPS) is 14.3. The van der Waals surface area contributed by atoms with E-state index in [-0.39, 0.29) is 0 Å². The van der Waals surface area contributed by atoms with Crippen LogP contribution in [-0.4, -0.2) is 10.2 Å². The third-order valence-corrected chi connectivity index (χ3v) is 3.30. The van der Waals surface area contributed by atoms with Gasteiger partial charge in [0.15, 0.2) is 0 Å². The highest BCUT2D eigenvalue weighted by atomic mass is 127. The molecule has 0 fully saturated rings. The zero-order valence-electron chi connectivity index (χ0n) is 9.12. The quantitative estimate of drug-likeness (QED) is 0.844. The molecule has 0 aliphatic carbocycles. The number of aliphatic hydroxyl groups excluding tert-OH is 2. The predicted molar refractivity (Wildman–Crippen MR) is 75.5 cm³/mol. The molecule has 17 heavy (non-hydrogen) atoms. The van der Waals surface area contributed by atoms with Crippen LogP contribution in [0.2, 0.25) is 0 Å². The summed E-state index contributed by atoms with van der Waals surface area (Å²) in [5, 5.41) is 20.2. The molecule has 0 aliphatic rings. The van der Waals surface area contributed by atoms with Crippen LogP contribution in [0.5, 0.6) is 0 Å². The van der Waals surface area contributed by atoms with Crippen LogP contribution in [-0.2, 0) is 0 Å². The van der Waals surface area contributed by atoms with Gasteiger partial charge in [-0.05, 0) is 45.9 Å². The zero-order valence-corrected chi connectivity index (χ0v) is 11.3. The molecule has 0 saturated carbocycles. The van der Waals surface area contributed by atoms with Gasteiger partial charge in [0.1, 0.15) is 12.2 Å². The summed E-state index contributed by atoms with van der Waals surface area (Å²) < 4.78 is 1.04. The lowest BCUT2D eigenvalue weighted by atomic mass is 9.98. The highest BCUT2D eigenvalue weighted by molar-refractivity contribution is 14.1. The standard InChI is InChI=1S/C14H13IO2/c15-12-8-4-7-11(9-12)14(17)13(16)10-5-2-1-3-6-10/h1-9,13-14,16-17H. The maximum atomic E-state index is 10.1. The molecule has 0 saturated heterocycles. The molecular weight excluding hydrogens is 327 g/mol. The van der Waals surface area contributed by atoms with E-state index in [0.29, 0.717) is 0 Å². The highest BCUT2D eigenvalue weighted by Gasteiger charge is 2.19. The van der Waals surface area contributed by atoms with Crippen molar-refractivity contribution in [2.24, 2.45) is 0 Å². The first-order valence-electron chi connectivity index (χ1n) is 5.35. The van der Waals surface area contributed by atoms with Gasteiger partial charge in [0.25, 0.3) is 0 Å². The van der Waals surface area contributed by atoms with E-state index >= 15 is 0 Å². The molecule has 0 amide bonds. The van der Waals surface area contributed by atoms with Gasteiger partial charge in [-0.15, -0.1) is 0 Å². The fraction of sp³-hybridized carbons (Fsp3) is 0.143. The molecule has 2 rings (SSSR count). The summed E-state index contributed by atoms with van der Waals surface area (Å²) in [5.41, 5.74) is 1.45. The summed E-state index contributed by atoms with van der Waals surface area (Å²) in [7, 11) is 0. The molecule has 2 atom stereocenters. The van der Waals surface area contributed by atoms with Crippen molar-refractivity contribution in [3.05, 3.63) is 69.3 Å². The zero-order chi connectivity index (χ0) is 12.3. The number of benzene rings is 2. The topological polar surface area (TPSA) is 40.5 Å². The van der Waals surface area contributed by atoms with E-state index in [0.717, 1.165) is 14.7 Å². The maximum Gasteiger partial charge on any atom is 0.109 e. The van der Waals surface area contributed by atoms with Gasteiger partial charge < -0.3 is 10.2 Å². The third kappa shape index (κ3) is 3.06. The van der Waals surface area contributed by atoms with Crippen molar-refractivity contribution in [2.45, 2.75) is 12.2 Å². The van der Waals surface area contributed by atoms with Crippen LogP contribution < -0.4 is 0 Å². The van der Waals surface area contributed by atoms with E-state index in [2.05, 4.69) is 22.6 Å². The average Bonchev–Trinajstić information content (AvgIpc) is 2.38. The van der Waals surface area contributed by atoms with Crippen LogP contribution in [0.1, 0.15) is 23.3 Å². The first-order chi connectivity index (χ1) is 8.18. The summed E-state index contributed by atoms with van der Waals surface area (Å²) in [4.78, 5) is 0. The van der Waals surface area contributed by atoms with Crippen LogP contribution in [0.4, 0.5) is 0 Å². The predicted octanol–water partition coefficient (Wildman–Crippen LogP) is 3.06. The van der Waals surface area contributed by atoms with E-state index in [9.17, 15) is 10.2 Å². The molecule has 2 aromatic rings. The van der Waals surface area contributed by atoms with E-state index in [1.807, 2.05) is 54.6 Å². The van der Waals surface area contributed by atoms with Crippen molar-refractivity contribution in [3.63, 3.8) is 0 Å². The largest absolute Gasteiger partial charge is 0.385 e. The molecule has 0 spiro atoms. The summed E-state index contributed by atoms with van der Waals surface area (Å²) in [6.45, 7) is 0. The van der Waals surface area contributed by atoms with Crippen molar-refractivity contribution >= 4 is 22.6 Å². The van der Waals surface area contributed by atoms with Gasteiger partial charge in [-0.2, -0.15) is 0 Å². The van der Waals surface area contributed by atoms with Gasteiger partial charge in [0.2, 0.25) is 0 Å². The summed E-state index contributed by atoms with van der Waals surface area (Å²) >= 11 is 2.18. The van der Waals surface area contributed by atoms with Gasteiger partial charge >= 0.3 is 0 Å². The molecule has 88 valence electrons. The summed E-state index contributed by atoms with van der Waals surface area (Å²) in [6, 6.07) is 16.7. The molecular formula is C14H13IO2. The van der Waals surface area contributed by atoms with Crippen LogP contribution in [0.25, 0.3) is 0 Å². The fourth-order valence-corrected chi connectivity index (χ4v) is 2.27. The van der Waals surface area contributed by atoms with Crippen LogP contribution in [0, 0.1) is 3.57 Å². The minimum absolute atomic E-state index is 0.721. The van der Waals surface area contributed by atoms with Crippen LogP contribution >= 0.6 is 22.6 Å². The monoisotopic (exact) mass is 340 g/mol. The first-order valence-corrected chi connectivity index (χ1v) is 6.43. The lowest BCUT2D eigenvalue weighted by Crippen LogP contribution is -2.10. The number of hydrogen-bond acceptors (Lipinski definition) is 2. The Labute approximate surface area is 114 Å². The summed E-state index contributed by atoms with van der Waals surface area (Å²) in [5.74, 6) is 0. The Balaban J connectivity index is 2.23. The maximum absolute atomic E-state index is 10.1. The van der Waals surface area contributed by atoms with E-state index in [1.54, 1.807) is 0 Å². The molecule has 0 bridgehead atoms. The smallest absolute Gasteiger partial charge is 0.109 e.